The molecule has 3 rings (SSSR count). The van der Waals surface area contributed by atoms with E-state index < -0.39 is 11.7 Å². The number of nitrogens with one attached hydrogen (secondary N) is 2. The maximum absolute atomic E-state index is 12.1. The molecular formula is C20H26N4O3. The van der Waals surface area contributed by atoms with Crippen molar-refractivity contribution in [3.05, 3.63) is 46.8 Å². The number of nitrogens with zero attached hydrogens (tertiary/aromatic N) is 2. The Morgan fingerprint density at radius 1 is 1.30 bits per heavy atom. The first kappa shape index (κ1) is 18.9. The number of piperidine rings is 1. The van der Waals surface area contributed by atoms with Gasteiger partial charge < -0.3 is 15.0 Å². The van der Waals surface area contributed by atoms with E-state index in [-0.39, 0.29) is 11.6 Å². The zero-order chi connectivity index (χ0) is 19.4. The normalized spacial score (nSPS) is 17.4. The van der Waals surface area contributed by atoms with Crippen molar-refractivity contribution in [1.29, 1.82) is 0 Å². The highest BCUT2D eigenvalue weighted by atomic mass is 16.6. The molecule has 1 amide bonds. The van der Waals surface area contributed by atoms with Gasteiger partial charge in [0.15, 0.2) is 0 Å². The minimum Gasteiger partial charge on any atom is -0.444 e. The topological polar surface area (TPSA) is 87.3 Å². The van der Waals surface area contributed by atoms with E-state index in [1.807, 2.05) is 56.0 Å². The van der Waals surface area contributed by atoms with Gasteiger partial charge in [-0.1, -0.05) is 30.3 Å². The largest absolute Gasteiger partial charge is 0.444 e. The van der Waals surface area contributed by atoms with E-state index in [0.29, 0.717) is 18.2 Å². The fraction of sp³-hybridized carbons (Fsp3) is 0.450. The minimum atomic E-state index is -0.532. The third kappa shape index (κ3) is 5.32. The summed E-state index contributed by atoms with van der Waals surface area (Å²) in [7, 11) is 0. The van der Waals surface area contributed by atoms with Crippen LogP contribution in [0.5, 0.6) is 0 Å². The molecule has 2 aromatic rings. The zero-order valence-corrected chi connectivity index (χ0v) is 16.0. The molecule has 144 valence electrons. The van der Waals surface area contributed by atoms with E-state index >= 15 is 0 Å². The average Bonchev–Trinajstić information content (AvgIpc) is 2.60. The molecule has 7 nitrogen and oxygen atoms in total. The highest BCUT2D eigenvalue weighted by Gasteiger charge is 2.25. The average molecular weight is 370 g/mol. The van der Waals surface area contributed by atoms with Crippen LogP contribution in [0.2, 0.25) is 0 Å². The summed E-state index contributed by atoms with van der Waals surface area (Å²) in [6.07, 6.45) is 1.33. The number of carbonyl (C=O) groups excluding carboxylic acids is 1. The lowest BCUT2D eigenvalue weighted by atomic mass is 10.1. The van der Waals surface area contributed by atoms with Crippen molar-refractivity contribution in [2.75, 3.05) is 18.0 Å². The fourth-order valence-electron chi connectivity index (χ4n) is 3.11. The molecule has 0 radical (unpaired) electrons. The summed E-state index contributed by atoms with van der Waals surface area (Å²) in [6, 6.07) is 11.1. The lowest BCUT2D eigenvalue weighted by Gasteiger charge is -2.34. The number of aromatic amines is 1. The Morgan fingerprint density at radius 2 is 2.04 bits per heavy atom. The number of hydrogen-bond acceptors (Lipinski definition) is 5. The first-order valence-electron chi connectivity index (χ1n) is 9.21. The molecule has 2 N–H and O–H groups in total. The van der Waals surface area contributed by atoms with Gasteiger partial charge >= 0.3 is 6.09 Å². The molecule has 0 saturated carbocycles. The van der Waals surface area contributed by atoms with Crippen LogP contribution in [0.25, 0.3) is 11.3 Å². The number of aromatic nitrogens is 2. The molecule has 1 aliphatic rings. The van der Waals surface area contributed by atoms with Crippen LogP contribution in [0.15, 0.2) is 41.2 Å². The number of H-pyrrole nitrogens is 1. The third-order valence-electron chi connectivity index (χ3n) is 4.24. The molecule has 2 heterocycles. The lowest BCUT2D eigenvalue weighted by molar-refractivity contribution is 0.0500. The summed E-state index contributed by atoms with van der Waals surface area (Å²) in [5.41, 5.74) is 0.804. The molecule has 1 aromatic heterocycles. The van der Waals surface area contributed by atoms with Crippen molar-refractivity contribution >= 4 is 12.0 Å². The van der Waals surface area contributed by atoms with Crippen LogP contribution in [0.1, 0.15) is 33.6 Å². The van der Waals surface area contributed by atoms with E-state index in [9.17, 15) is 9.59 Å². The summed E-state index contributed by atoms with van der Waals surface area (Å²) in [5.74, 6) is 0.525. The number of amides is 1. The van der Waals surface area contributed by atoms with E-state index in [4.69, 9.17) is 4.74 Å². The second kappa shape index (κ2) is 7.82. The Bertz CT molecular complexity index is 842. The smallest absolute Gasteiger partial charge is 0.407 e. The summed E-state index contributed by atoms with van der Waals surface area (Å²) in [5, 5.41) is 2.91. The van der Waals surface area contributed by atoms with Gasteiger partial charge in [-0.15, -0.1) is 0 Å². The standard InChI is InChI=1S/C20H26N4O3/c1-20(2,3)27-19(26)21-15-10-7-11-24(13-15)18-22-16(12-17(25)23-18)14-8-5-4-6-9-14/h4-6,8-9,12,15H,7,10-11,13H2,1-3H3,(H,21,26)(H,22,23,25)/t15-/m1/s1. The molecule has 0 unspecified atom stereocenters. The van der Waals surface area contributed by atoms with Gasteiger partial charge in [0.2, 0.25) is 5.95 Å². The first-order valence-corrected chi connectivity index (χ1v) is 9.21. The van der Waals surface area contributed by atoms with Crippen molar-refractivity contribution in [3.8, 4) is 11.3 Å². The van der Waals surface area contributed by atoms with Crippen molar-refractivity contribution < 1.29 is 9.53 Å². The Hall–Kier alpha value is -2.83. The monoisotopic (exact) mass is 370 g/mol. The first-order chi connectivity index (χ1) is 12.8. The Labute approximate surface area is 158 Å². The summed E-state index contributed by atoms with van der Waals surface area (Å²) in [4.78, 5) is 33.6. The van der Waals surface area contributed by atoms with Crippen LogP contribution in [-0.4, -0.2) is 40.8 Å². The van der Waals surface area contributed by atoms with Crippen LogP contribution < -0.4 is 15.8 Å². The lowest BCUT2D eigenvalue weighted by Crippen LogP contribution is -2.49. The quantitative estimate of drug-likeness (QED) is 0.867. The van der Waals surface area contributed by atoms with Crippen LogP contribution >= 0.6 is 0 Å². The van der Waals surface area contributed by atoms with Gasteiger partial charge in [-0.2, -0.15) is 0 Å². The van der Waals surface area contributed by atoms with Crippen molar-refractivity contribution in [2.24, 2.45) is 0 Å². The van der Waals surface area contributed by atoms with Crippen LogP contribution in [0.4, 0.5) is 10.7 Å². The second-order valence-electron chi connectivity index (χ2n) is 7.75. The summed E-state index contributed by atoms with van der Waals surface area (Å²) >= 11 is 0. The molecule has 27 heavy (non-hydrogen) atoms. The minimum absolute atomic E-state index is 0.0562. The highest BCUT2D eigenvalue weighted by Crippen LogP contribution is 2.20. The third-order valence-corrected chi connectivity index (χ3v) is 4.24. The molecule has 0 bridgehead atoms. The zero-order valence-electron chi connectivity index (χ0n) is 16.0. The van der Waals surface area contributed by atoms with Gasteiger partial charge in [-0.05, 0) is 33.6 Å². The molecular weight excluding hydrogens is 344 g/mol. The van der Waals surface area contributed by atoms with Gasteiger partial charge in [0.25, 0.3) is 5.56 Å². The van der Waals surface area contributed by atoms with Crippen molar-refractivity contribution in [3.63, 3.8) is 0 Å². The van der Waals surface area contributed by atoms with E-state index in [2.05, 4.69) is 15.3 Å². The van der Waals surface area contributed by atoms with Gasteiger partial charge in [0, 0.05) is 30.8 Å². The number of rotatable bonds is 3. The predicted molar refractivity (Wildman–Crippen MR) is 105 cm³/mol. The maximum atomic E-state index is 12.1. The Kier molecular flexibility index (Phi) is 5.48. The van der Waals surface area contributed by atoms with Crippen molar-refractivity contribution in [1.82, 2.24) is 15.3 Å². The molecule has 1 aliphatic heterocycles. The molecule has 0 spiro atoms. The number of benzene rings is 1. The molecule has 1 fully saturated rings. The molecule has 1 aromatic carbocycles. The number of hydrogen-bond donors (Lipinski definition) is 2. The van der Waals surface area contributed by atoms with Gasteiger partial charge in [-0.25, -0.2) is 9.78 Å². The van der Waals surface area contributed by atoms with Crippen LogP contribution in [0.3, 0.4) is 0 Å². The van der Waals surface area contributed by atoms with Crippen LogP contribution in [-0.2, 0) is 4.74 Å². The van der Waals surface area contributed by atoms with E-state index in [1.165, 1.54) is 6.07 Å². The SMILES string of the molecule is CC(C)(C)OC(=O)N[C@@H]1CCCN(c2nc(-c3ccccc3)cc(=O)[nH]2)C1. The fourth-order valence-corrected chi connectivity index (χ4v) is 3.11. The van der Waals surface area contributed by atoms with Gasteiger partial charge in [-0.3, -0.25) is 9.78 Å². The van der Waals surface area contributed by atoms with Crippen LogP contribution in [0, 0.1) is 0 Å². The summed E-state index contributed by atoms with van der Waals surface area (Å²) < 4.78 is 5.34. The molecule has 0 aliphatic carbocycles. The Balaban J connectivity index is 1.74. The van der Waals surface area contributed by atoms with E-state index in [0.717, 1.165) is 24.9 Å². The number of alkyl carbamates (subject to hydrolysis) is 1. The predicted octanol–water partition coefficient (Wildman–Crippen LogP) is 2.93. The maximum Gasteiger partial charge on any atom is 0.407 e. The molecule has 1 atom stereocenters. The molecule has 1 saturated heterocycles. The molecule has 7 heteroatoms. The second-order valence-corrected chi connectivity index (χ2v) is 7.75. The number of anilines is 1. The summed E-state index contributed by atoms with van der Waals surface area (Å²) in [6.45, 7) is 6.85. The van der Waals surface area contributed by atoms with Crippen molar-refractivity contribution in [2.45, 2.75) is 45.3 Å². The highest BCUT2D eigenvalue weighted by molar-refractivity contribution is 5.68. The van der Waals surface area contributed by atoms with Gasteiger partial charge in [0.1, 0.15) is 5.60 Å². The number of carbonyl (C=O) groups is 1. The van der Waals surface area contributed by atoms with Gasteiger partial charge in [0.05, 0.1) is 5.69 Å². The van der Waals surface area contributed by atoms with E-state index in [1.54, 1.807) is 0 Å². The number of ether oxygens (including phenoxy) is 1. The Morgan fingerprint density at radius 3 is 2.74 bits per heavy atom.